The normalized spacial score (nSPS) is 17.5. The molecule has 1 atom stereocenters. The fourth-order valence-electron chi connectivity index (χ4n) is 2.55. The number of nitrogens with one attached hydrogen (secondary N) is 2. The lowest BCUT2D eigenvalue weighted by Crippen LogP contribution is -2.41. The Labute approximate surface area is 126 Å². The van der Waals surface area contributed by atoms with E-state index in [2.05, 4.69) is 39.3 Å². The molecule has 1 aliphatic heterocycles. The van der Waals surface area contributed by atoms with Gasteiger partial charge >= 0.3 is 0 Å². The highest BCUT2D eigenvalue weighted by molar-refractivity contribution is 5.41. The van der Waals surface area contributed by atoms with Crippen LogP contribution in [0.1, 0.15) is 39.5 Å². The van der Waals surface area contributed by atoms with Crippen LogP contribution in [0.5, 0.6) is 0 Å². The van der Waals surface area contributed by atoms with Gasteiger partial charge in [0.2, 0.25) is 5.95 Å². The molecule has 118 valence electrons. The molecule has 1 aromatic rings. The summed E-state index contributed by atoms with van der Waals surface area (Å²) >= 11 is 0. The molecule has 1 unspecified atom stereocenters. The molecule has 1 aliphatic rings. The summed E-state index contributed by atoms with van der Waals surface area (Å²) in [6, 6.07) is 0.381. The molecule has 1 aromatic heterocycles. The maximum Gasteiger partial charge on any atom is 0.224 e. The summed E-state index contributed by atoms with van der Waals surface area (Å²) in [5.41, 5.74) is 0. The molecular formula is C15H26FN5. The number of halogens is 1. The first-order valence-electron chi connectivity index (χ1n) is 7.95. The maximum absolute atomic E-state index is 13.8. The van der Waals surface area contributed by atoms with Gasteiger partial charge in [0.25, 0.3) is 0 Å². The van der Waals surface area contributed by atoms with Crippen molar-refractivity contribution in [1.82, 2.24) is 14.9 Å². The van der Waals surface area contributed by atoms with Crippen LogP contribution in [0.4, 0.5) is 16.2 Å². The Morgan fingerprint density at radius 1 is 1.29 bits per heavy atom. The smallest absolute Gasteiger partial charge is 0.224 e. The van der Waals surface area contributed by atoms with Crippen molar-refractivity contribution in [2.45, 2.75) is 45.6 Å². The summed E-state index contributed by atoms with van der Waals surface area (Å²) in [6.45, 7) is 8.00. The quantitative estimate of drug-likeness (QED) is 0.810. The van der Waals surface area contributed by atoms with Gasteiger partial charge in [-0.1, -0.05) is 13.3 Å². The van der Waals surface area contributed by atoms with E-state index in [1.807, 2.05) is 0 Å². The zero-order valence-electron chi connectivity index (χ0n) is 13.0. The maximum atomic E-state index is 13.8. The van der Waals surface area contributed by atoms with Crippen molar-refractivity contribution >= 4 is 11.8 Å². The average molecular weight is 295 g/mol. The predicted molar refractivity (Wildman–Crippen MR) is 84.1 cm³/mol. The Morgan fingerprint density at radius 3 is 2.76 bits per heavy atom. The van der Waals surface area contributed by atoms with Gasteiger partial charge in [-0.2, -0.15) is 4.98 Å². The van der Waals surface area contributed by atoms with E-state index < -0.39 is 5.82 Å². The molecule has 0 aromatic carbocycles. The second-order valence-electron chi connectivity index (χ2n) is 5.64. The zero-order chi connectivity index (χ0) is 15.1. The molecule has 6 heteroatoms. The Balaban J connectivity index is 1.88. The molecule has 0 aliphatic carbocycles. The highest BCUT2D eigenvalue weighted by Crippen LogP contribution is 2.15. The Hall–Kier alpha value is -1.43. The molecule has 1 fully saturated rings. The summed E-state index contributed by atoms with van der Waals surface area (Å²) < 4.78 is 13.8. The van der Waals surface area contributed by atoms with Crippen molar-refractivity contribution in [2.24, 2.45) is 0 Å². The number of hydrogen-bond donors (Lipinski definition) is 2. The first-order chi connectivity index (χ1) is 10.2. The summed E-state index contributed by atoms with van der Waals surface area (Å²) in [4.78, 5) is 10.6. The van der Waals surface area contributed by atoms with Crippen molar-refractivity contribution in [3.63, 3.8) is 0 Å². The number of piperidine rings is 1. The molecule has 0 radical (unpaired) electrons. The van der Waals surface area contributed by atoms with Crippen molar-refractivity contribution in [2.75, 3.05) is 36.8 Å². The number of hydrogen-bond acceptors (Lipinski definition) is 5. The van der Waals surface area contributed by atoms with Crippen LogP contribution in [-0.4, -0.2) is 47.1 Å². The third kappa shape index (κ3) is 4.81. The lowest BCUT2D eigenvalue weighted by Gasteiger charge is -2.32. The number of likely N-dealkylation sites (tertiary alicyclic amines) is 1. The SMILES string of the molecule is CCCNc1ncc(F)c(NCC(C)N2CCCCC2)n1. The Bertz CT molecular complexity index is 434. The van der Waals surface area contributed by atoms with Gasteiger partial charge in [0.05, 0.1) is 6.20 Å². The third-order valence-electron chi connectivity index (χ3n) is 3.86. The van der Waals surface area contributed by atoms with Crippen molar-refractivity contribution in [3.8, 4) is 0 Å². The molecule has 21 heavy (non-hydrogen) atoms. The van der Waals surface area contributed by atoms with E-state index in [1.165, 1.54) is 25.5 Å². The van der Waals surface area contributed by atoms with Gasteiger partial charge in [-0.3, -0.25) is 4.90 Å². The molecule has 5 nitrogen and oxygen atoms in total. The molecule has 2 N–H and O–H groups in total. The fraction of sp³-hybridized carbons (Fsp3) is 0.733. The largest absolute Gasteiger partial charge is 0.366 e. The zero-order valence-corrected chi connectivity index (χ0v) is 13.0. The summed E-state index contributed by atoms with van der Waals surface area (Å²) in [7, 11) is 0. The predicted octanol–water partition coefficient (Wildman–Crippen LogP) is 2.72. The molecule has 1 saturated heterocycles. The third-order valence-corrected chi connectivity index (χ3v) is 3.86. The van der Waals surface area contributed by atoms with Crippen LogP contribution in [0, 0.1) is 5.82 Å². The van der Waals surface area contributed by atoms with Crippen LogP contribution in [0.2, 0.25) is 0 Å². The van der Waals surface area contributed by atoms with E-state index in [0.29, 0.717) is 18.5 Å². The molecule has 2 rings (SSSR count). The van der Waals surface area contributed by atoms with Crippen LogP contribution in [0.3, 0.4) is 0 Å². The van der Waals surface area contributed by atoms with Crippen LogP contribution >= 0.6 is 0 Å². The lowest BCUT2D eigenvalue weighted by molar-refractivity contribution is 0.180. The fourth-order valence-corrected chi connectivity index (χ4v) is 2.55. The minimum absolute atomic E-state index is 0.285. The molecule has 2 heterocycles. The average Bonchev–Trinajstić information content (AvgIpc) is 2.53. The van der Waals surface area contributed by atoms with Gasteiger partial charge in [0.1, 0.15) is 0 Å². The van der Waals surface area contributed by atoms with E-state index in [1.54, 1.807) is 0 Å². The van der Waals surface area contributed by atoms with E-state index in [-0.39, 0.29) is 5.82 Å². The topological polar surface area (TPSA) is 53.1 Å². The number of nitrogens with zero attached hydrogens (tertiary/aromatic N) is 3. The molecule has 0 amide bonds. The van der Waals surface area contributed by atoms with Crippen molar-refractivity contribution < 1.29 is 4.39 Å². The van der Waals surface area contributed by atoms with E-state index in [0.717, 1.165) is 26.1 Å². The van der Waals surface area contributed by atoms with E-state index in [4.69, 9.17) is 0 Å². The van der Waals surface area contributed by atoms with Gasteiger partial charge in [0, 0.05) is 19.1 Å². The highest BCUT2D eigenvalue weighted by Gasteiger charge is 2.17. The van der Waals surface area contributed by atoms with Crippen LogP contribution in [0.15, 0.2) is 6.20 Å². The highest BCUT2D eigenvalue weighted by atomic mass is 19.1. The van der Waals surface area contributed by atoms with Crippen molar-refractivity contribution in [1.29, 1.82) is 0 Å². The standard InChI is InChI=1S/C15H26FN5/c1-3-7-17-15-19-11-13(16)14(20-15)18-10-12(2)21-8-5-4-6-9-21/h11-12H,3-10H2,1-2H3,(H2,17,18,19,20). The first kappa shape index (κ1) is 15.9. The number of aromatic nitrogens is 2. The lowest BCUT2D eigenvalue weighted by atomic mass is 10.1. The van der Waals surface area contributed by atoms with E-state index in [9.17, 15) is 4.39 Å². The molecule has 0 saturated carbocycles. The Kier molecular flexibility index (Phi) is 6.17. The monoisotopic (exact) mass is 295 g/mol. The van der Waals surface area contributed by atoms with Crippen molar-refractivity contribution in [3.05, 3.63) is 12.0 Å². The van der Waals surface area contributed by atoms with Crippen LogP contribution in [0.25, 0.3) is 0 Å². The van der Waals surface area contributed by atoms with Crippen LogP contribution < -0.4 is 10.6 Å². The molecular weight excluding hydrogens is 269 g/mol. The summed E-state index contributed by atoms with van der Waals surface area (Å²) in [5, 5.41) is 6.19. The Morgan fingerprint density at radius 2 is 2.05 bits per heavy atom. The first-order valence-corrected chi connectivity index (χ1v) is 7.95. The van der Waals surface area contributed by atoms with Gasteiger partial charge in [0.15, 0.2) is 11.6 Å². The van der Waals surface area contributed by atoms with Crippen LogP contribution in [-0.2, 0) is 0 Å². The number of anilines is 2. The summed E-state index contributed by atoms with van der Waals surface area (Å²) in [6.07, 6.45) is 6.05. The van der Waals surface area contributed by atoms with Gasteiger partial charge in [-0.25, -0.2) is 9.37 Å². The molecule has 0 bridgehead atoms. The number of rotatable bonds is 7. The minimum Gasteiger partial charge on any atom is -0.366 e. The second-order valence-corrected chi connectivity index (χ2v) is 5.64. The van der Waals surface area contributed by atoms with Gasteiger partial charge < -0.3 is 10.6 Å². The van der Waals surface area contributed by atoms with E-state index >= 15 is 0 Å². The second kappa shape index (κ2) is 8.12. The van der Waals surface area contributed by atoms with Gasteiger partial charge in [-0.15, -0.1) is 0 Å². The minimum atomic E-state index is -0.400. The van der Waals surface area contributed by atoms with Gasteiger partial charge in [-0.05, 0) is 39.3 Å². The molecule has 0 spiro atoms. The summed E-state index contributed by atoms with van der Waals surface area (Å²) in [5.74, 6) is 0.363.